The number of aryl methyl sites for hydroxylation is 1. The number of halogens is 2. The van der Waals surface area contributed by atoms with Gasteiger partial charge in [0.05, 0.1) is 11.1 Å². The molecule has 3 N–H and O–H groups in total. The van der Waals surface area contributed by atoms with E-state index in [-0.39, 0.29) is 41.4 Å². The number of nitrogens with zero attached hydrogens (tertiary/aromatic N) is 1. The van der Waals surface area contributed by atoms with Gasteiger partial charge in [-0.2, -0.15) is 4.31 Å². The second kappa shape index (κ2) is 13.2. The monoisotopic (exact) mass is 616 g/mol. The van der Waals surface area contributed by atoms with E-state index in [2.05, 4.69) is 43.4 Å². The number of benzene rings is 3. The van der Waals surface area contributed by atoms with Crippen LogP contribution in [0.1, 0.15) is 43.4 Å². The highest BCUT2D eigenvalue weighted by molar-refractivity contribution is 7.89. The van der Waals surface area contributed by atoms with E-state index in [1.165, 1.54) is 48.5 Å². The number of carboxylic acid groups (broad SMARTS) is 1. The summed E-state index contributed by atoms with van der Waals surface area (Å²) in [6, 6.07) is 17.0. The molecule has 4 rings (SSSR count). The van der Waals surface area contributed by atoms with Gasteiger partial charge in [0.1, 0.15) is 10.7 Å². The SMILES string of the molecule is CN(C[C@H](O)CNC(C)(C)CC1Cc2ccccc2C1)S(=O)(=O)c1ccc(-c2ccc(F)cc2CCC(=O)O)cc1Cl. The van der Waals surface area contributed by atoms with Crippen LogP contribution in [0.5, 0.6) is 0 Å². The third kappa shape index (κ3) is 7.96. The van der Waals surface area contributed by atoms with Crippen molar-refractivity contribution in [1.29, 1.82) is 0 Å². The number of nitrogens with one attached hydrogen (secondary N) is 1. The van der Waals surface area contributed by atoms with Gasteiger partial charge in [-0.15, -0.1) is 0 Å². The van der Waals surface area contributed by atoms with Gasteiger partial charge in [0.25, 0.3) is 0 Å². The summed E-state index contributed by atoms with van der Waals surface area (Å²) in [6.45, 7) is 4.29. The number of aliphatic carboxylic acids is 1. The lowest BCUT2D eigenvalue weighted by Crippen LogP contribution is -2.47. The Bertz CT molecular complexity index is 1520. The number of sulfonamides is 1. The number of rotatable bonds is 13. The van der Waals surface area contributed by atoms with Crippen LogP contribution in [0.4, 0.5) is 4.39 Å². The van der Waals surface area contributed by atoms with Crippen LogP contribution >= 0.6 is 11.6 Å². The molecule has 7 nitrogen and oxygen atoms in total. The molecule has 226 valence electrons. The Morgan fingerprint density at radius 2 is 1.79 bits per heavy atom. The zero-order valence-electron chi connectivity index (χ0n) is 24.1. The molecule has 10 heteroatoms. The first-order valence-corrected chi connectivity index (χ1v) is 15.8. The first-order valence-electron chi connectivity index (χ1n) is 14.0. The first-order chi connectivity index (χ1) is 19.7. The molecular formula is C32H38ClFN2O5S. The summed E-state index contributed by atoms with van der Waals surface area (Å²) in [4.78, 5) is 10.9. The second-order valence-electron chi connectivity index (χ2n) is 11.8. The summed E-state index contributed by atoms with van der Waals surface area (Å²) in [6.07, 6.45) is 1.99. The number of likely N-dealkylation sites (N-methyl/N-ethyl adjacent to an activating group) is 1. The van der Waals surface area contributed by atoms with Crippen LogP contribution in [0.3, 0.4) is 0 Å². The zero-order chi connectivity index (χ0) is 30.7. The van der Waals surface area contributed by atoms with Gasteiger partial charge in [0, 0.05) is 32.1 Å². The molecule has 0 unspecified atom stereocenters. The first kappa shape index (κ1) is 32.1. The van der Waals surface area contributed by atoms with E-state index in [4.69, 9.17) is 16.7 Å². The molecule has 3 aromatic carbocycles. The molecule has 0 aromatic heterocycles. The Balaban J connectivity index is 1.37. The van der Waals surface area contributed by atoms with Crippen molar-refractivity contribution in [3.63, 3.8) is 0 Å². The Morgan fingerprint density at radius 1 is 1.12 bits per heavy atom. The minimum absolute atomic E-state index is 0.0285. The summed E-state index contributed by atoms with van der Waals surface area (Å²) in [5.74, 6) is -0.988. The highest BCUT2D eigenvalue weighted by Crippen LogP contribution is 2.33. The van der Waals surface area contributed by atoms with Gasteiger partial charge in [0.15, 0.2) is 0 Å². The average Bonchev–Trinajstić information content (AvgIpc) is 3.32. The molecule has 0 fully saturated rings. The van der Waals surface area contributed by atoms with Crippen LogP contribution in [-0.2, 0) is 34.1 Å². The van der Waals surface area contributed by atoms with Crippen molar-refractivity contribution < 1.29 is 27.8 Å². The van der Waals surface area contributed by atoms with E-state index in [0.29, 0.717) is 22.6 Å². The smallest absolute Gasteiger partial charge is 0.303 e. The lowest BCUT2D eigenvalue weighted by atomic mass is 9.88. The topological polar surface area (TPSA) is 107 Å². The Labute approximate surface area is 252 Å². The molecule has 0 spiro atoms. The van der Waals surface area contributed by atoms with E-state index in [0.717, 1.165) is 23.6 Å². The maximum absolute atomic E-state index is 13.9. The summed E-state index contributed by atoms with van der Waals surface area (Å²) >= 11 is 6.44. The fourth-order valence-electron chi connectivity index (χ4n) is 5.78. The van der Waals surface area contributed by atoms with Gasteiger partial charge in [-0.3, -0.25) is 4.79 Å². The molecule has 1 aliphatic carbocycles. The standard InChI is InChI=1S/C32H38ClFN2O5S/c1-32(2,18-21-14-22-6-4-5-7-23(22)15-21)35-19-27(37)20-36(3)42(40,41)30-12-8-25(17-29(30)33)28-11-10-26(34)16-24(28)9-13-31(38)39/h4-8,10-12,16-17,21,27,35,37H,9,13-15,18-20H2,1-3H3,(H,38,39)/t27-/m1/s1. The highest BCUT2D eigenvalue weighted by Gasteiger charge is 2.30. The van der Waals surface area contributed by atoms with Crippen molar-refractivity contribution in [2.75, 3.05) is 20.1 Å². The van der Waals surface area contributed by atoms with Gasteiger partial charge >= 0.3 is 5.97 Å². The summed E-state index contributed by atoms with van der Waals surface area (Å²) in [5.41, 5.74) is 4.15. The molecule has 0 amide bonds. The highest BCUT2D eigenvalue weighted by atomic mass is 35.5. The number of β-amino-alcohol motifs (C(OH)–C–C–N with tert-alkyl or cyclic N) is 1. The molecule has 3 aromatic rings. The number of carboxylic acids is 1. The maximum atomic E-state index is 13.9. The minimum atomic E-state index is -4.03. The molecule has 1 atom stereocenters. The van der Waals surface area contributed by atoms with Crippen LogP contribution in [0.25, 0.3) is 11.1 Å². The Morgan fingerprint density at radius 3 is 2.40 bits per heavy atom. The van der Waals surface area contributed by atoms with Gasteiger partial charge in [-0.1, -0.05) is 48.0 Å². The fraction of sp³-hybridized carbons (Fsp3) is 0.406. The van der Waals surface area contributed by atoms with Crippen LogP contribution in [-0.4, -0.2) is 60.7 Å². The summed E-state index contributed by atoms with van der Waals surface area (Å²) in [5, 5.41) is 23.2. The van der Waals surface area contributed by atoms with Crippen LogP contribution in [0, 0.1) is 11.7 Å². The van der Waals surface area contributed by atoms with E-state index in [1.807, 2.05) is 0 Å². The second-order valence-corrected chi connectivity index (χ2v) is 14.2. The van der Waals surface area contributed by atoms with Crippen LogP contribution < -0.4 is 5.32 Å². The summed E-state index contributed by atoms with van der Waals surface area (Å²) < 4.78 is 41.7. The van der Waals surface area contributed by atoms with E-state index in [1.54, 1.807) is 6.07 Å². The largest absolute Gasteiger partial charge is 0.481 e. The number of fused-ring (bicyclic) bond motifs is 1. The number of aliphatic hydroxyl groups excluding tert-OH is 1. The Hall–Kier alpha value is -2.82. The van der Waals surface area contributed by atoms with Crippen molar-refractivity contribution >= 4 is 27.6 Å². The zero-order valence-corrected chi connectivity index (χ0v) is 25.7. The predicted octanol–water partition coefficient (Wildman–Crippen LogP) is 5.32. The molecular weight excluding hydrogens is 579 g/mol. The molecule has 0 bridgehead atoms. The third-order valence-electron chi connectivity index (χ3n) is 7.83. The van der Waals surface area contributed by atoms with Crippen molar-refractivity contribution in [2.24, 2.45) is 5.92 Å². The van der Waals surface area contributed by atoms with Gasteiger partial charge in [0.2, 0.25) is 10.0 Å². The average molecular weight is 617 g/mol. The van der Waals surface area contributed by atoms with Gasteiger partial charge in [-0.05, 0) is 97.5 Å². The minimum Gasteiger partial charge on any atom is -0.481 e. The Kier molecular flexibility index (Phi) is 10.1. The van der Waals surface area contributed by atoms with Crippen molar-refractivity contribution in [3.05, 3.63) is 88.2 Å². The van der Waals surface area contributed by atoms with Crippen molar-refractivity contribution in [1.82, 2.24) is 9.62 Å². The fourth-order valence-corrected chi connectivity index (χ4v) is 7.50. The molecule has 1 aliphatic rings. The normalized spacial score (nSPS) is 14.7. The number of hydrogen-bond acceptors (Lipinski definition) is 5. The number of aliphatic hydroxyl groups is 1. The van der Waals surface area contributed by atoms with Crippen LogP contribution in [0.15, 0.2) is 65.6 Å². The van der Waals surface area contributed by atoms with Crippen molar-refractivity contribution in [3.8, 4) is 11.1 Å². The molecule has 0 heterocycles. The van der Waals surface area contributed by atoms with E-state index >= 15 is 0 Å². The lowest BCUT2D eigenvalue weighted by molar-refractivity contribution is -0.136. The number of hydrogen-bond donors (Lipinski definition) is 3. The molecule has 42 heavy (non-hydrogen) atoms. The number of carbonyl (C=O) groups is 1. The lowest BCUT2D eigenvalue weighted by Gasteiger charge is -2.31. The van der Waals surface area contributed by atoms with Gasteiger partial charge < -0.3 is 15.5 Å². The van der Waals surface area contributed by atoms with E-state index < -0.39 is 27.9 Å². The van der Waals surface area contributed by atoms with Gasteiger partial charge in [-0.25, -0.2) is 12.8 Å². The van der Waals surface area contributed by atoms with E-state index in [9.17, 15) is 22.7 Å². The summed E-state index contributed by atoms with van der Waals surface area (Å²) in [7, 11) is -2.63. The predicted molar refractivity (Wildman–Crippen MR) is 163 cm³/mol. The van der Waals surface area contributed by atoms with Crippen molar-refractivity contribution in [2.45, 2.75) is 62.5 Å². The molecule has 0 saturated carbocycles. The quantitative estimate of drug-likeness (QED) is 0.240. The molecule has 0 saturated heterocycles. The third-order valence-corrected chi connectivity index (χ3v) is 10.1. The van der Waals surface area contributed by atoms with Crippen LogP contribution in [0.2, 0.25) is 5.02 Å². The molecule has 0 aliphatic heterocycles. The molecule has 0 radical (unpaired) electrons. The maximum Gasteiger partial charge on any atom is 0.303 e.